The van der Waals surface area contributed by atoms with Crippen molar-refractivity contribution < 1.29 is 19.0 Å². The van der Waals surface area contributed by atoms with Crippen LogP contribution < -0.4 is 0 Å². The molecule has 0 heterocycles. The van der Waals surface area contributed by atoms with Gasteiger partial charge in [-0.25, -0.2) is 4.79 Å². The van der Waals surface area contributed by atoms with Gasteiger partial charge in [0, 0.05) is 0 Å². The van der Waals surface area contributed by atoms with Gasteiger partial charge in [-0.15, -0.1) is 0 Å². The van der Waals surface area contributed by atoms with Crippen molar-refractivity contribution in [2.24, 2.45) is 11.8 Å². The van der Waals surface area contributed by atoms with E-state index >= 15 is 0 Å². The number of carbonyl (C=O) groups is 1. The van der Waals surface area contributed by atoms with Crippen molar-refractivity contribution in [3.63, 3.8) is 0 Å². The Labute approximate surface area is 105 Å². The molecule has 0 aliphatic heterocycles. The predicted octanol–water partition coefficient (Wildman–Crippen LogP) is 2.61. The highest BCUT2D eigenvalue weighted by Gasteiger charge is 2.18. The predicted molar refractivity (Wildman–Crippen MR) is 66.6 cm³/mol. The second-order valence-electron chi connectivity index (χ2n) is 5.10. The highest BCUT2D eigenvalue weighted by atomic mass is 16.7. The molecule has 0 aromatic heterocycles. The Balaban J connectivity index is 3.82. The summed E-state index contributed by atoms with van der Waals surface area (Å²) in [5.74, 6) is 0.448. The first-order valence-electron chi connectivity index (χ1n) is 6.26. The largest absolute Gasteiger partial charge is 0.464 e. The smallest absolute Gasteiger partial charge is 0.335 e. The third-order valence-corrected chi connectivity index (χ3v) is 1.95. The summed E-state index contributed by atoms with van der Waals surface area (Å²) in [4.78, 5) is 11.5. The highest BCUT2D eigenvalue weighted by Crippen LogP contribution is 2.05. The molecule has 0 aromatic carbocycles. The van der Waals surface area contributed by atoms with Crippen LogP contribution in [0.2, 0.25) is 0 Å². The molecule has 2 atom stereocenters. The van der Waals surface area contributed by atoms with E-state index in [0.717, 1.165) is 0 Å². The zero-order chi connectivity index (χ0) is 13.4. The number of hydrogen-bond donors (Lipinski definition) is 0. The van der Waals surface area contributed by atoms with E-state index in [4.69, 9.17) is 14.2 Å². The average Bonchev–Trinajstić information content (AvgIpc) is 2.22. The van der Waals surface area contributed by atoms with Gasteiger partial charge in [-0.2, -0.15) is 0 Å². The number of esters is 1. The molecule has 102 valence electrons. The second kappa shape index (κ2) is 8.48. The van der Waals surface area contributed by atoms with Crippen LogP contribution in [0.3, 0.4) is 0 Å². The Kier molecular flexibility index (Phi) is 8.17. The van der Waals surface area contributed by atoms with Crippen LogP contribution in [-0.4, -0.2) is 31.6 Å². The fraction of sp³-hybridized carbons (Fsp3) is 0.923. The van der Waals surface area contributed by atoms with Crippen LogP contribution in [0.4, 0.5) is 0 Å². The molecule has 17 heavy (non-hydrogen) atoms. The summed E-state index contributed by atoms with van der Waals surface area (Å²) >= 11 is 0. The minimum Gasteiger partial charge on any atom is -0.464 e. The summed E-state index contributed by atoms with van der Waals surface area (Å²) in [7, 11) is 0. The molecule has 0 amide bonds. The molecule has 0 spiro atoms. The number of hydrogen-bond acceptors (Lipinski definition) is 4. The van der Waals surface area contributed by atoms with Crippen molar-refractivity contribution >= 4 is 5.97 Å². The van der Waals surface area contributed by atoms with Gasteiger partial charge in [0.15, 0.2) is 12.4 Å². The van der Waals surface area contributed by atoms with E-state index in [0.29, 0.717) is 25.0 Å². The Bertz CT molecular complexity index is 213. The first kappa shape index (κ1) is 16.4. The van der Waals surface area contributed by atoms with E-state index in [1.54, 1.807) is 13.8 Å². The van der Waals surface area contributed by atoms with E-state index in [1.165, 1.54) is 0 Å². The van der Waals surface area contributed by atoms with Crippen LogP contribution in [-0.2, 0) is 19.0 Å². The Hall–Kier alpha value is -0.610. The Morgan fingerprint density at radius 3 is 1.94 bits per heavy atom. The molecular formula is C13H26O4. The van der Waals surface area contributed by atoms with Gasteiger partial charge in [0.05, 0.1) is 13.2 Å². The summed E-state index contributed by atoms with van der Waals surface area (Å²) in [5, 5.41) is 0. The van der Waals surface area contributed by atoms with Crippen molar-refractivity contribution in [3.8, 4) is 0 Å². The van der Waals surface area contributed by atoms with E-state index in [1.807, 2.05) is 13.8 Å². The number of rotatable bonds is 8. The lowest BCUT2D eigenvalue weighted by atomic mass is 10.2. The van der Waals surface area contributed by atoms with Gasteiger partial charge in [0.25, 0.3) is 0 Å². The van der Waals surface area contributed by atoms with Crippen molar-refractivity contribution in [2.75, 3.05) is 13.2 Å². The minimum absolute atomic E-state index is 0.334. The molecule has 4 nitrogen and oxygen atoms in total. The fourth-order valence-electron chi connectivity index (χ4n) is 1.08. The van der Waals surface area contributed by atoms with Crippen LogP contribution >= 0.6 is 0 Å². The van der Waals surface area contributed by atoms with Crippen LogP contribution in [0, 0.1) is 11.8 Å². The van der Waals surface area contributed by atoms with E-state index < -0.39 is 6.10 Å². The first-order valence-corrected chi connectivity index (χ1v) is 6.26. The van der Waals surface area contributed by atoms with Crippen LogP contribution in [0.15, 0.2) is 0 Å². The zero-order valence-electron chi connectivity index (χ0n) is 11.9. The van der Waals surface area contributed by atoms with E-state index in [-0.39, 0.29) is 12.3 Å². The van der Waals surface area contributed by atoms with Gasteiger partial charge in [-0.05, 0) is 25.7 Å². The molecule has 0 rings (SSSR count). The van der Waals surface area contributed by atoms with Gasteiger partial charge in [-0.1, -0.05) is 27.7 Å². The molecule has 0 bridgehead atoms. The highest BCUT2D eigenvalue weighted by molar-refractivity contribution is 5.74. The van der Waals surface area contributed by atoms with E-state index in [9.17, 15) is 4.79 Å². The summed E-state index contributed by atoms with van der Waals surface area (Å²) in [6.07, 6.45) is -0.977. The van der Waals surface area contributed by atoms with Crippen LogP contribution in [0.1, 0.15) is 41.5 Å². The molecule has 0 N–H and O–H groups in total. The lowest BCUT2D eigenvalue weighted by Gasteiger charge is -2.19. The third-order valence-electron chi connectivity index (χ3n) is 1.95. The molecule has 0 saturated carbocycles. The van der Waals surface area contributed by atoms with Crippen molar-refractivity contribution in [1.82, 2.24) is 0 Å². The molecule has 4 heteroatoms. The second-order valence-corrected chi connectivity index (χ2v) is 5.10. The number of carbonyl (C=O) groups excluding carboxylic acids is 1. The maximum absolute atomic E-state index is 11.5. The lowest BCUT2D eigenvalue weighted by molar-refractivity contribution is -0.188. The SMILES string of the molecule is CC(C)COC(=O)C(C)O[C@H](C)OCC(C)C. The molecule has 0 aromatic rings. The van der Waals surface area contributed by atoms with Crippen molar-refractivity contribution in [3.05, 3.63) is 0 Å². The van der Waals surface area contributed by atoms with Gasteiger partial charge in [0.2, 0.25) is 0 Å². The molecular weight excluding hydrogens is 220 g/mol. The molecule has 0 aliphatic carbocycles. The van der Waals surface area contributed by atoms with Gasteiger partial charge >= 0.3 is 5.97 Å². The van der Waals surface area contributed by atoms with Crippen LogP contribution in [0.25, 0.3) is 0 Å². The summed E-state index contributed by atoms with van der Waals surface area (Å²) in [6, 6.07) is 0. The Morgan fingerprint density at radius 1 is 0.941 bits per heavy atom. The van der Waals surface area contributed by atoms with Gasteiger partial charge in [0.1, 0.15) is 0 Å². The summed E-state index contributed by atoms with van der Waals surface area (Å²) in [5.41, 5.74) is 0. The third kappa shape index (κ3) is 9.12. The van der Waals surface area contributed by atoms with E-state index in [2.05, 4.69) is 13.8 Å². The molecule has 0 fully saturated rings. The molecule has 0 aliphatic rings. The Morgan fingerprint density at radius 2 is 1.47 bits per heavy atom. The molecule has 0 saturated heterocycles. The normalized spacial score (nSPS) is 15.1. The monoisotopic (exact) mass is 246 g/mol. The maximum atomic E-state index is 11.5. The topological polar surface area (TPSA) is 44.8 Å². The quantitative estimate of drug-likeness (QED) is 0.488. The summed E-state index contributed by atoms with van der Waals surface area (Å²) in [6.45, 7) is 12.6. The molecule has 0 radical (unpaired) electrons. The average molecular weight is 246 g/mol. The number of ether oxygens (including phenoxy) is 3. The van der Waals surface area contributed by atoms with Gasteiger partial charge < -0.3 is 14.2 Å². The molecule has 1 unspecified atom stereocenters. The fourth-order valence-corrected chi connectivity index (χ4v) is 1.08. The standard InChI is InChI=1S/C13H26O4/c1-9(2)7-15-12(6)17-11(5)13(14)16-8-10(3)4/h9-12H,7-8H2,1-6H3/t11?,12-/m1/s1. The lowest BCUT2D eigenvalue weighted by Crippen LogP contribution is -2.30. The van der Waals surface area contributed by atoms with Crippen LogP contribution in [0.5, 0.6) is 0 Å². The first-order chi connectivity index (χ1) is 7.82. The van der Waals surface area contributed by atoms with Crippen molar-refractivity contribution in [2.45, 2.75) is 53.9 Å². The van der Waals surface area contributed by atoms with Crippen molar-refractivity contribution in [1.29, 1.82) is 0 Å². The maximum Gasteiger partial charge on any atom is 0.335 e. The zero-order valence-corrected chi connectivity index (χ0v) is 11.9. The minimum atomic E-state index is -0.587. The summed E-state index contributed by atoms with van der Waals surface area (Å²) < 4.78 is 15.9. The van der Waals surface area contributed by atoms with Gasteiger partial charge in [-0.3, -0.25) is 0 Å².